The third-order valence-corrected chi connectivity index (χ3v) is 4.46. The van der Waals surface area contributed by atoms with Crippen LogP contribution in [0.15, 0.2) is 4.52 Å². The molecule has 1 aromatic heterocycles. The van der Waals surface area contributed by atoms with Gasteiger partial charge in [0.1, 0.15) is 6.10 Å². The van der Waals surface area contributed by atoms with E-state index in [0.29, 0.717) is 11.8 Å². The van der Waals surface area contributed by atoms with Crippen molar-refractivity contribution in [3.63, 3.8) is 0 Å². The number of anilines is 1. The SMILES string of the molecule is CO[C@@H](C)c1noc(N2CCCC[C@@H]2C(C)OS(C)(=O)=O)n1. The van der Waals surface area contributed by atoms with Crippen molar-refractivity contribution in [3.05, 3.63) is 5.82 Å². The molecule has 0 amide bonds. The molecular weight excluding hydrogens is 310 g/mol. The zero-order valence-electron chi connectivity index (χ0n) is 13.4. The van der Waals surface area contributed by atoms with Crippen molar-refractivity contribution in [1.82, 2.24) is 10.1 Å². The highest BCUT2D eigenvalue weighted by molar-refractivity contribution is 7.86. The van der Waals surface area contributed by atoms with E-state index in [-0.39, 0.29) is 12.1 Å². The second kappa shape index (κ2) is 6.93. The summed E-state index contributed by atoms with van der Waals surface area (Å²) in [4.78, 5) is 6.28. The van der Waals surface area contributed by atoms with Crippen molar-refractivity contribution in [2.24, 2.45) is 0 Å². The quantitative estimate of drug-likeness (QED) is 0.723. The average molecular weight is 333 g/mol. The molecule has 2 heterocycles. The highest BCUT2D eigenvalue weighted by Gasteiger charge is 2.33. The summed E-state index contributed by atoms with van der Waals surface area (Å²) in [7, 11) is -1.93. The summed E-state index contributed by atoms with van der Waals surface area (Å²) in [6.07, 6.45) is 3.12. The Morgan fingerprint density at radius 1 is 1.36 bits per heavy atom. The van der Waals surface area contributed by atoms with Gasteiger partial charge in [0.2, 0.25) is 5.82 Å². The summed E-state index contributed by atoms with van der Waals surface area (Å²) in [6, 6.07) is 0.266. The molecule has 0 N–H and O–H groups in total. The fourth-order valence-corrected chi connectivity index (χ4v) is 3.32. The fraction of sp³-hybridized carbons (Fsp3) is 0.846. The molecular formula is C13H23N3O5S. The number of methoxy groups -OCH3 is 1. The van der Waals surface area contributed by atoms with Gasteiger partial charge < -0.3 is 14.2 Å². The van der Waals surface area contributed by atoms with E-state index >= 15 is 0 Å². The predicted molar refractivity (Wildman–Crippen MR) is 80.1 cm³/mol. The molecule has 0 aromatic carbocycles. The second-order valence-electron chi connectivity index (χ2n) is 5.58. The van der Waals surface area contributed by atoms with Crippen LogP contribution in [0.25, 0.3) is 0 Å². The monoisotopic (exact) mass is 333 g/mol. The molecule has 9 heteroatoms. The first kappa shape index (κ1) is 17.2. The first-order valence-electron chi connectivity index (χ1n) is 7.33. The summed E-state index contributed by atoms with van der Waals surface area (Å²) in [5.41, 5.74) is 0. The Kier molecular flexibility index (Phi) is 5.41. The van der Waals surface area contributed by atoms with Crippen LogP contribution < -0.4 is 4.90 Å². The Morgan fingerprint density at radius 3 is 2.73 bits per heavy atom. The maximum Gasteiger partial charge on any atom is 0.324 e. The second-order valence-corrected chi connectivity index (χ2v) is 7.18. The Balaban J connectivity index is 2.17. The highest BCUT2D eigenvalue weighted by Crippen LogP contribution is 2.28. The minimum absolute atomic E-state index is 0.116. The number of piperidine rings is 1. The van der Waals surface area contributed by atoms with Gasteiger partial charge in [-0.3, -0.25) is 4.18 Å². The average Bonchev–Trinajstić information content (AvgIpc) is 2.94. The summed E-state index contributed by atoms with van der Waals surface area (Å²) < 4.78 is 38.3. The van der Waals surface area contributed by atoms with Gasteiger partial charge in [-0.2, -0.15) is 13.4 Å². The molecule has 0 aliphatic carbocycles. The van der Waals surface area contributed by atoms with Gasteiger partial charge in [-0.05, 0) is 33.1 Å². The molecule has 0 radical (unpaired) electrons. The predicted octanol–water partition coefficient (Wildman–Crippen LogP) is 1.50. The Hall–Kier alpha value is -1.19. The Bertz CT molecular complexity index is 588. The molecule has 126 valence electrons. The molecule has 2 rings (SSSR count). The van der Waals surface area contributed by atoms with Crippen LogP contribution >= 0.6 is 0 Å². The number of aromatic nitrogens is 2. The van der Waals surface area contributed by atoms with Crippen molar-refractivity contribution >= 4 is 16.1 Å². The lowest BCUT2D eigenvalue weighted by Gasteiger charge is -2.37. The maximum absolute atomic E-state index is 11.4. The van der Waals surface area contributed by atoms with E-state index in [0.717, 1.165) is 32.1 Å². The minimum atomic E-state index is -3.50. The zero-order chi connectivity index (χ0) is 16.3. The van der Waals surface area contributed by atoms with Crippen molar-refractivity contribution in [2.75, 3.05) is 24.8 Å². The van der Waals surface area contributed by atoms with Crippen molar-refractivity contribution in [2.45, 2.75) is 51.4 Å². The third kappa shape index (κ3) is 4.17. The first-order chi connectivity index (χ1) is 10.3. The van der Waals surface area contributed by atoms with E-state index in [1.807, 2.05) is 11.8 Å². The van der Waals surface area contributed by atoms with Gasteiger partial charge in [-0.1, -0.05) is 5.16 Å². The van der Waals surface area contributed by atoms with E-state index in [1.54, 1.807) is 14.0 Å². The number of ether oxygens (including phenoxy) is 1. The van der Waals surface area contributed by atoms with E-state index in [1.165, 1.54) is 0 Å². The molecule has 1 unspecified atom stereocenters. The molecule has 1 fully saturated rings. The standard InChI is InChI=1S/C13H23N3O5S/c1-9(21-22(4,17)18)11-7-5-6-8-16(11)13-14-12(15-20-13)10(2)19-3/h9-11H,5-8H2,1-4H3/t9?,10-,11+/m0/s1. The van der Waals surface area contributed by atoms with Gasteiger partial charge in [0.25, 0.3) is 10.1 Å². The molecule has 1 saturated heterocycles. The summed E-state index contributed by atoms with van der Waals surface area (Å²) in [6.45, 7) is 4.31. The molecule has 0 saturated carbocycles. The van der Waals surface area contributed by atoms with Gasteiger partial charge in [0, 0.05) is 13.7 Å². The van der Waals surface area contributed by atoms with E-state index in [2.05, 4.69) is 10.1 Å². The van der Waals surface area contributed by atoms with E-state index in [4.69, 9.17) is 13.4 Å². The Labute approximate surface area is 130 Å². The summed E-state index contributed by atoms with van der Waals surface area (Å²) in [5.74, 6) is 0.471. The van der Waals surface area contributed by atoms with Crippen molar-refractivity contribution in [3.8, 4) is 0 Å². The van der Waals surface area contributed by atoms with E-state index < -0.39 is 16.2 Å². The fourth-order valence-electron chi connectivity index (χ4n) is 2.64. The number of nitrogens with zero attached hydrogens (tertiary/aromatic N) is 3. The van der Waals surface area contributed by atoms with E-state index in [9.17, 15) is 8.42 Å². The van der Waals surface area contributed by atoms with Crippen LogP contribution in [0.2, 0.25) is 0 Å². The highest BCUT2D eigenvalue weighted by atomic mass is 32.2. The van der Waals surface area contributed by atoms with Crippen LogP contribution in [0, 0.1) is 0 Å². The zero-order valence-corrected chi connectivity index (χ0v) is 14.2. The molecule has 0 bridgehead atoms. The van der Waals surface area contributed by atoms with Gasteiger partial charge in [0.15, 0.2) is 0 Å². The topological polar surface area (TPSA) is 94.8 Å². The number of rotatable bonds is 6. The smallest absolute Gasteiger partial charge is 0.324 e. The van der Waals surface area contributed by atoms with Crippen LogP contribution in [0.5, 0.6) is 0 Å². The summed E-state index contributed by atoms with van der Waals surface area (Å²) >= 11 is 0. The van der Waals surface area contributed by atoms with Crippen LogP contribution in [-0.4, -0.2) is 50.6 Å². The molecule has 0 spiro atoms. The lowest BCUT2D eigenvalue weighted by molar-refractivity contribution is 0.109. The minimum Gasteiger partial charge on any atom is -0.374 e. The lowest BCUT2D eigenvalue weighted by atomic mass is 9.99. The normalized spacial score (nSPS) is 22.5. The van der Waals surface area contributed by atoms with Crippen LogP contribution in [0.4, 0.5) is 6.01 Å². The molecule has 1 aromatic rings. The number of hydrogen-bond acceptors (Lipinski definition) is 8. The maximum atomic E-state index is 11.4. The summed E-state index contributed by atoms with van der Waals surface area (Å²) in [5, 5.41) is 3.92. The van der Waals surface area contributed by atoms with Crippen molar-refractivity contribution < 1.29 is 21.9 Å². The first-order valence-corrected chi connectivity index (χ1v) is 9.14. The van der Waals surface area contributed by atoms with Crippen molar-refractivity contribution in [1.29, 1.82) is 0 Å². The Morgan fingerprint density at radius 2 is 2.09 bits per heavy atom. The molecule has 3 atom stereocenters. The third-order valence-electron chi connectivity index (χ3n) is 3.81. The van der Waals surface area contributed by atoms with Gasteiger partial charge >= 0.3 is 6.01 Å². The van der Waals surface area contributed by atoms with Gasteiger partial charge in [0.05, 0.1) is 18.4 Å². The van der Waals surface area contributed by atoms with Crippen LogP contribution in [0.3, 0.4) is 0 Å². The molecule has 8 nitrogen and oxygen atoms in total. The largest absolute Gasteiger partial charge is 0.374 e. The van der Waals surface area contributed by atoms with Gasteiger partial charge in [-0.25, -0.2) is 0 Å². The number of hydrogen-bond donors (Lipinski definition) is 0. The van der Waals surface area contributed by atoms with Gasteiger partial charge in [-0.15, -0.1) is 0 Å². The lowest BCUT2D eigenvalue weighted by Crippen LogP contribution is -2.47. The molecule has 1 aliphatic heterocycles. The molecule has 22 heavy (non-hydrogen) atoms. The van der Waals surface area contributed by atoms with Crippen LogP contribution in [0.1, 0.15) is 45.0 Å². The van der Waals surface area contributed by atoms with Crippen LogP contribution in [-0.2, 0) is 19.0 Å². The molecule has 1 aliphatic rings.